The van der Waals surface area contributed by atoms with E-state index in [1.54, 1.807) is 0 Å². The van der Waals surface area contributed by atoms with Gasteiger partial charge in [0, 0.05) is 13.1 Å². The van der Waals surface area contributed by atoms with Crippen molar-refractivity contribution in [1.29, 1.82) is 0 Å². The van der Waals surface area contributed by atoms with Crippen molar-refractivity contribution in [2.45, 2.75) is 38.1 Å². The molecule has 1 heterocycles. The number of rotatable bonds is 2. The van der Waals surface area contributed by atoms with Gasteiger partial charge in [-0.15, -0.1) is 0 Å². The summed E-state index contributed by atoms with van der Waals surface area (Å²) in [5.74, 6) is 0.454. The first kappa shape index (κ1) is 9.00. The van der Waals surface area contributed by atoms with E-state index in [0.29, 0.717) is 5.92 Å². The molecule has 1 radical (unpaired) electrons. The normalized spacial score (nSPS) is 25.8. The summed E-state index contributed by atoms with van der Waals surface area (Å²) in [4.78, 5) is 13.6. The molecular formula is C10H17N2O. The Balaban J connectivity index is 1.87. The van der Waals surface area contributed by atoms with Crippen LogP contribution in [0.2, 0.25) is 0 Å². The van der Waals surface area contributed by atoms with E-state index in [4.69, 9.17) is 5.73 Å². The maximum atomic E-state index is 11.7. The standard InChI is InChI=1S/C10H17N2O/c11-9(8-4-3-5-8)10(13)12-6-1-2-7-12/h8-9,11H,1-7H2. The Morgan fingerprint density at radius 3 is 2.31 bits per heavy atom. The summed E-state index contributed by atoms with van der Waals surface area (Å²) in [6, 6.07) is -0.452. The second-order valence-electron chi connectivity index (χ2n) is 4.20. The SMILES string of the molecule is [NH]C(C(=O)N1CCCC1)C1CCC1. The first-order chi connectivity index (χ1) is 6.29. The third-order valence-corrected chi connectivity index (χ3v) is 3.31. The lowest BCUT2D eigenvalue weighted by Crippen LogP contribution is -2.44. The van der Waals surface area contributed by atoms with Gasteiger partial charge in [0.1, 0.15) is 6.04 Å². The molecule has 1 aliphatic carbocycles. The van der Waals surface area contributed by atoms with Crippen molar-refractivity contribution in [2.75, 3.05) is 13.1 Å². The van der Waals surface area contributed by atoms with E-state index in [-0.39, 0.29) is 5.91 Å². The first-order valence-electron chi connectivity index (χ1n) is 5.29. The zero-order chi connectivity index (χ0) is 9.26. The van der Waals surface area contributed by atoms with Gasteiger partial charge in [-0.25, -0.2) is 5.73 Å². The maximum Gasteiger partial charge on any atom is 0.241 e. The summed E-state index contributed by atoms with van der Waals surface area (Å²) in [5, 5.41) is 0. The molecule has 1 atom stereocenters. The fourth-order valence-corrected chi connectivity index (χ4v) is 2.11. The molecule has 1 N–H and O–H groups in total. The molecule has 0 aromatic rings. The van der Waals surface area contributed by atoms with Gasteiger partial charge in [0.05, 0.1) is 0 Å². The summed E-state index contributed by atoms with van der Waals surface area (Å²) < 4.78 is 0. The number of nitrogens with zero attached hydrogens (tertiary/aromatic N) is 1. The summed E-state index contributed by atoms with van der Waals surface area (Å²) in [6.45, 7) is 1.78. The van der Waals surface area contributed by atoms with Crippen LogP contribution in [0.3, 0.4) is 0 Å². The molecule has 0 bridgehead atoms. The number of amides is 1. The molecule has 0 spiro atoms. The van der Waals surface area contributed by atoms with Gasteiger partial charge < -0.3 is 4.90 Å². The van der Waals surface area contributed by atoms with E-state index in [2.05, 4.69) is 0 Å². The number of hydrogen-bond donors (Lipinski definition) is 0. The molecule has 2 rings (SSSR count). The molecular weight excluding hydrogens is 164 g/mol. The van der Waals surface area contributed by atoms with Crippen molar-refractivity contribution in [2.24, 2.45) is 5.92 Å². The average molecular weight is 181 g/mol. The fourth-order valence-electron chi connectivity index (χ4n) is 2.11. The topological polar surface area (TPSA) is 44.1 Å². The third kappa shape index (κ3) is 1.70. The summed E-state index contributed by atoms with van der Waals surface area (Å²) in [6.07, 6.45) is 5.65. The Bertz CT molecular complexity index is 195. The highest BCUT2D eigenvalue weighted by molar-refractivity contribution is 5.82. The molecule has 73 valence electrons. The van der Waals surface area contributed by atoms with Gasteiger partial charge >= 0.3 is 0 Å². The summed E-state index contributed by atoms with van der Waals surface area (Å²) >= 11 is 0. The largest absolute Gasteiger partial charge is 0.341 e. The number of likely N-dealkylation sites (tertiary alicyclic amines) is 1. The van der Waals surface area contributed by atoms with Crippen LogP contribution in [0.25, 0.3) is 0 Å². The number of hydrogen-bond acceptors (Lipinski definition) is 1. The lowest BCUT2D eigenvalue weighted by atomic mass is 9.79. The van der Waals surface area contributed by atoms with Gasteiger partial charge in [0.2, 0.25) is 5.91 Å². The van der Waals surface area contributed by atoms with E-state index >= 15 is 0 Å². The van der Waals surface area contributed by atoms with Gasteiger partial charge in [0.15, 0.2) is 0 Å². The van der Waals surface area contributed by atoms with Crippen LogP contribution >= 0.6 is 0 Å². The van der Waals surface area contributed by atoms with Crippen LogP contribution in [0.5, 0.6) is 0 Å². The minimum absolute atomic E-state index is 0.0854. The lowest BCUT2D eigenvalue weighted by Gasteiger charge is -2.31. The van der Waals surface area contributed by atoms with Crippen LogP contribution in [-0.4, -0.2) is 29.9 Å². The van der Waals surface area contributed by atoms with E-state index in [1.165, 1.54) is 6.42 Å². The van der Waals surface area contributed by atoms with Crippen LogP contribution in [-0.2, 0) is 4.79 Å². The van der Waals surface area contributed by atoms with Gasteiger partial charge in [-0.2, -0.15) is 0 Å². The maximum absolute atomic E-state index is 11.7. The highest BCUT2D eigenvalue weighted by Crippen LogP contribution is 2.30. The predicted octanol–water partition coefficient (Wildman–Crippen LogP) is 1.06. The van der Waals surface area contributed by atoms with Crippen molar-refractivity contribution < 1.29 is 4.79 Å². The van der Waals surface area contributed by atoms with E-state index in [9.17, 15) is 4.79 Å². The molecule has 3 heteroatoms. The zero-order valence-electron chi connectivity index (χ0n) is 7.96. The Kier molecular flexibility index (Phi) is 2.54. The monoisotopic (exact) mass is 181 g/mol. The van der Waals surface area contributed by atoms with Crippen LogP contribution in [0.1, 0.15) is 32.1 Å². The quantitative estimate of drug-likeness (QED) is 0.628. The number of carbonyl (C=O) groups excluding carboxylic acids is 1. The van der Waals surface area contributed by atoms with Crippen molar-refractivity contribution in [3.8, 4) is 0 Å². The molecule has 13 heavy (non-hydrogen) atoms. The molecule has 0 aromatic carbocycles. The molecule has 1 amide bonds. The first-order valence-corrected chi connectivity index (χ1v) is 5.29. The number of carbonyl (C=O) groups is 1. The Labute approximate surface area is 79.3 Å². The molecule has 1 aliphatic heterocycles. The van der Waals surface area contributed by atoms with Gasteiger partial charge in [-0.1, -0.05) is 6.42 Å². The van der Waals surface area contributed by atoms with Crippen LogP contribution in [0.4, 0.5) is 0 Å². The summed E-state index contributed by atoms with van der Waals surface area (Å²) in [7, 11) is 0. The van der Waals surface area contributed by atoms with Crippen molar-refractivity contribution in [3.63, 3.8) is 0 Å². The van der Waals surface area contributed by atoms with E-state index in [1.807, 2.05) is 4.90 Å². The van der Waals surface area contributed by atoms with Crippen molar-refractivity contribution >= 4 is 5.91 Å². The molecule has 2 aliphatic rings. The third-order valence-electron chi connectivity index (χ3n) is 3.31. The lowest BCUT2D eigenvalue weighted by molar-refractivity contribution is -0.133. The fraction of sp³-hybridized carbons (Fsp3) is 0.900. The van der Waals surface area contributed by atoms with Crippen molar-refractivity contribution in [1.82, 2.24) is 10.6 Å². The second kappa shape index (κ2) is 3.66. The van der Waals surface area contributed by atoms with Gasteiger partial charge in [0.25, 0.3) is 0 Å². The second-order valence-corrected chi connectivity index (χ2v) is 4.20. The number of nitrogens with one attached hydrogen (secondary N) is 1. The van der Waals surface area contributed by atoms with Crippen molar-refractivity contribution in [3.05, 3.63) is 0 Å². The molecule has 1 saturated carbocycles. The average Bonchev–Trinajstić information content (AvgIpc) is 2.51. The van der Waals surface area contributed by atoms with Crippen LogP contribution < -0.4 is 5.73 Å². The predicted molar refractivity (Wildman–Crippen MR) is 50.0 cm³/mol. The minimum atomic E-state index is -0.452. The Hall–Kier alpha value is -0.570. The van der Waals surface area contributed by atoms with E-state index in [0.717, 1.165) is 38.8 Å². The van der Waals surface area contributed by atoms with Crippen LogP contribution in [0, 0.1) is 5.92 Å². The Morgan fingerprint density at radius 2 is 1.85 bits per heavy atom. The minimum Gasteiger partial charge on any atom is -0.341 e. The highest BCUT2D eigenvalue weighted by atomic mass is 16.2. The highest BCUT2D eigenvalue weighted by Gasteiger charge is 2.33. The molecule has 1 unspecified atom stereocenters. The Morgan fingerprint density at radius 1 is 1.23 bits per heavy atom. The molecule has 2 fully saturated rings. The zero-order valence-corrected chi connectivity index (χ0v) is 7.96. The smallest absolute Gasteiger partial charge is 0.241 e. The van der Waals surface area contributed by atoms with Gasteiger partial charge in [-0.05, 0) is 31.6 Å². The molecule has 3 nitrogen and oxygen atoms in total. The van der Waals surface area contributed by atoms with Crippen LogP contribution in [0.15, 0.2) is 0 Å². The molecule has 1 saturated heterocycles. The van der Waals surface area contributed by atoms with Gasteiger partial charge in [-0.3, -0.25) is 4.79 Å². The van der Waals surface area contributed by atoms with E-state index < -0.39 is 6.04 Å². The molecule has 0 aromatic heterocycles. The summed E-state index contributed by atoms with van der Waals surface area (Å²) in [5.41, 5.74) is 7.81.